The Balaban J connectivity index is 1.36. The number of nitrogens with two attached hydrogens (primary N) is 1. The molecule has 2 atom stereocenters. The van der Waals surface area contributed by atoms with Gasteiger partial charge in [0.2, 0.25) is 15.9 Å². The van der Waals surface area contributed by atoms with Crippen molar-refractivity contribution in [3.05, 3.63) is 125 Å². The zero-order chi connectivity index (χ0) is 31.3. The zero-order valence-corrected chi connectivity index (χ0v) is 24.5. The number of carbonyl (C=O) groups is 1. The first-order valence-electron chi connectivity index (χ1n) is 14.1. The Bertz CT molecular complexity index is 1650. The summed E-state index contributed by atoms with van der Waals surface area (Å²) in [5.74, 6) is -3.03. The second-order valence-corrected chi connectivity index (χ2v) is 12.5. The van der Waals surface area contributed by atoms with E-state index in [-0.39, 0.29) is 35.5 Å². The van der Waals surface area contributed by atoms with Gasteiger partial charge in [0.15, 0.2) is 0 Å². The largest absolute Gasteiger partial charge is 0.323 e. The normalized spacial score (nSPS) is 16.5. The third-order valence-electron chi connectivity index (χ3n) is 7.76. The van der Waals surface area contributed by atoms with Crippen LogP contribution in [0.5, 0.6) is 0 Å². The fourth-order valence-corrected chi connectivity index (χ4v) is 7.16. The number of anilines is 1. The minimum absolute atomic E-state index is 0.101. The summed E-state index contributed by atoms with van der Waals surface area (Å²) in [6.45, 7) is 1.12. The van der Waals surface area contributed by atoms with Crippen LogP contribution in [0.1, 0.15) is 29.0 Å². The molecule has 0 aliphatic carbocycles. The summed E-state index contributed by atoms with van der Waals surface area (Å²) < 4.78 is 70.7. The van der Waals surface area contributed by atoms with Gasteiger partial charge in [0, 0.05) is 37.2 Å². The van der Waals surface area contributed by atoms with E-state index < -0.39 is 51.4 Å². The maximum Gasteiger partial charge on any atom is 0.243 e. The van der Waals surface area contributed by atoms with Gasteiger partial charge in [-0.25, -0.2) is 21.6 Å². The number of carbonyl (C=O) groups excluding carboxylic acids is 1. The van der Waals surface area contributed by atoms with Crippen LogP contribution in [0.25, 0.3) is 0 Å². The number of hydrogen-bond donors (Lipinski definition) is 3. The SMILES string of the molecule is N[C@H](C(=O)Nc1cncc(F)c1CC[C@H]1CNCCN1S(=O)(=O)c1ccccc1)C(c1ccc(F)cc1)c1ccc(F)cc1. The van der Waals surface area contributed by atoms with E-state index >= 15 is 4.39 Å². The van der Waals surface area contributed by atoms with Gasteiger partial charge in [0.05, 0.1) is 29.0 Å². The van der Waals surface area contributed by atoms with Crippen LogP contribution in [0, 0.1) is 17.5 Å². The third-order valence-corrected chi connectivity index (χ3v) is 9.72. The van der Waals surface area contributed by atoms with Crippen LogP contribution in [0.4, 0.5) is 18.9 Å². The predicted octanol–water partition coefficient (Wildman–Crippen LogP) is 4.19. The van der Waals surface area contributed by atoms with Gasteiger partial charge in [-0.1, -0.05) is 42.5 Å². The van der Waals surface area contributed by atoms with Crippen molar-refractivity contribution in [1.82, 2.24) is 14.6 Å². The van der Waals surface area contributed by atoms with Gasteiger partial charge in [-0.05, 0) is 60.4 Å². The molecule has 1 amide bonds. The van der Waals surface area contributed by atoms with Crippen molar-refractivity contribution in [2.45, 2.75) is 35.7 Å². The second-order valence-electron chi connectivity index (χ2n) is 10.6. The summed E-state index contributed by atoms with van der Waals surface area (Å²) in [7, 11) is -3.78. The Morgan fingerprint density at radius 2 is 1.57 bits per heavy atom. The number of aromatic nitrogens is 1. The van der Waals surface area contributed by atoms with E-state index in [1.165, 1.54) is 59.0 Å². The van der Waals surface area contributed by atoms with E-state index in [4.69, 9.17) is 5.73 Å². The number of amides is 1. The van der Waals surface area contributed by atoms with Gasteiger partial charge in [-0.2, -0.15) is 4.31 Å². The molecule has 1 aromatic heterocycles. The fourth-order valence-electron chi connectivity index (χ4n) is 5.48. The topological polar surface area (TPSA) is 117 Å². The third kappa shape index (κ3) is 6.99. The Morgan fingerprint density at radius 1 is 0.955 bits per heavy atom. The van der Waals surface area contributed by atoms with Crippen LogP contribution in [-0.2, 0) is 21.2 Å². The van der Waals surface area contributed by atoms with Crippen LogP contribution >= 0.6 is 0 Å². The van der Waals surface area contributed by atoms with Crippen molar-refractivity contribution in [2.24, 2.45) is 5.73 Å². The van der Waals surface area contributed by atoms with E-state index in [1.807, 2.05) is 0 Å². The van der Waals surface area contributed by atoms with Gasteiger partial charge >= 0.3 is 0 Å². The van der Waals surface area contributed by atoms with Gasteiger partial charge in [-0.15, -0.1) is 0 Å². The number of pyridine rings is 1. The summed E-state index contributed by atoms with van der Waals surface area (Å²) in [4.78, 5) is 17.6. The van der Waals surface area contributed by atoms with Crippen LogP contribution in [0.3, 0.4) is 0 Å². The van der Waals surface area contributed by atoms with Crippen molar-refractivity contribution >= 4 is 21.6 Å². The number of benzene rings is 3. The number of piperazine rings is 1. The van der Waals surface area contributed by atoms with Crippen molar-refractivity contribution in [3.8, 4) is 0 Å². The molecule has 0 spiro atoms. The van der Waals surface area contributed by atoms with E-state index in [1.54, 1.807) is 30.3 Å². The number of halogens is 3. The smallest absolute Gasteiger partial charge is 0.243 e. The first kappa shape index (κ1) is 31.3. The summed E-state index contributed by atoms with van der Waals surface area (Å²) in [5, 5.41) is 5.89. The monoisotopic (exact) mass is 623 g/mol. The number of nitrogens with zero attached hydrogens (tertiary/aromatic N) is 2. The molecule has 4 aromatic rings. The van der Waals surface area contributed by atoms with E-state index in [0.29, 0.717) is 24.2 Å². The standard InChI is InChI=1S/C32H32F3N5O3S/c33-23-10-6-21(7-11-23)30(22-8-12-24(34)13-9-22)31(36)32(41)39-29-20-38-19-28(35)27(29)15-14-25-18-37-16-17-40(25)44(42,43)26-4-2-1-3-5-26/h1-13,19-20,25,30-31,37H,14-18,36H2,(H,39,41)/t25-,31-/m0/s1. The summed E-state index contributed by atoms with van der Waals surface area (Å²) in [6.07, 6.45) is 2.71. The first-order valence-corrected chi connectivity index (χ1v) is 15.6. The van der Waals surface area contributed by atoms with Gasteiger partial charge < -0.3 is 16.4 Å². The molecular formula is C32H32F3N5O3S. The number of nitrogens with one attached hydrogen (secondary N) is 2. The van der Waals surface area contributed by atoms with Gasteiger partial charge in [0.1, 0.15) is 17.5 Å². The second kappa shape index (κ2) is 13.7. The average molecular weight is 624 g/mol. The lowest BCUT2D eigenvalue weighted by Gasteiger charge is -2.35. The molecule has 0 unspecified atom stereocenters. The van der Waals surface area contributed by atoms with Crippen LogP contribution < -0.4 is 16.4 Å². The average Bonchev–Trinajstić information content (AvgIpc) is 3.03. The van der Waals surface area contributed by atoms with Gasteiger partial charge in [-0.3, -0.25) is 9.78 Å². The minimum Gasteiger partial charge on any atom is -0.323 e. The molecule has 2 heterocycles. The van der Waals surface area contributed by atoms with Crippen molar-refractivity contribution < 1.29 is 26.4 Å². The van der Waals surface area contributed by atoms with E-state index in [2.05, 4.69) is 15.6 Å². The van der Waals surface area contributed by atoms with Crippen molar-refractivity contribution in [1.29, 1.82) is 0 Å². The highest BCUT2D eigenvalue weighted by Crippen LogP contribution is 2.30. The molecule has 12 heteroatoms. The molecule has 1 aliphatic heterocycles. The molecule has 3 aromatic carbocycles. The molecule has 1 aliphatic rings. The van der Waals surface area contributed by atoms with Crippen LogP contribution in [-0.4, -0.2) is 55.3 Å². The molecule has 1 saturated heterocycles. The quantitative estimate of drug-likeness (QED) is 0.244. The molecule has 44 heavy (non-hydrogen) atoms. The van der Waals surface area contributed by atoms with E-state index in [9.17, 15) is 22.0 Å². The molecule has 0 saturated carbocycles. The summed E-state index contributed by atoms with van der Waals surface area (Å²) >= 11 is 0. The molecule has 4 N–H and O–H groups in total. The number of sulfonamides is 1. The molecule has 8 nitrogen and oxygen atoms in total. The molecule has 0 radical (unpaired) electrons. The van der Waals surface area contributed by atoms with E-state index in [0.717, 1.165) is 6.20 Å². The van der Waals surface area contributed by atoms with Crippen molar-refractivity contribution in [2.75, 3.05) is 25.0 Å². The maximum atomic E-state index is 15.2. The van der Waals surface area contributed by atoms with Crippen LogP contribution in [0.2, 0.25) is 0 Å². The fraction of sp³-hybridized carbons (Fsp3) is 0.250. The summed E-state index contributed by atoms with van der Waals surface area (Å²) in [6, 6.07) is 17.4. The highest BCUT2D eigenvalue weighted by Gasteiger charge is 2.34. The number of rotatable bonds is 10. The maximum absolute atomic E-state index is 15.2. The lowest BCUT2D eigenvalue weighted by molar-refractivity contribution is -0.117. The predicted molar refractivity (Wildman–Crippen MR) is 161 cm³/mol. The summed E-state index contributed by atoms with van der Waals surface area (Å²) in [5.41, 5.74) is 7.77. The number of hydrogen-bond acceptors (Lipinski definition) is 6. The lowest BCUT2D eigenvalue weighted by atomic mass is 9.85. The minimum atomic E-state index is -3.78. The molecule has 230 valence electrons. The van der Waals surface area contributed by atoms with Crippen molar-refractivity contribution in [3.63, 3.8) is 0 Å². The Hall–Kier alpha value is -4.10. The lowest BCUT2D eigenvalue weighted by Crippen LogP contribution is -2.53. The molecule has 0 bridgehead atoms. The zero-order valence-electron chi connectivity index (χ0n) is 23.7. The highest BCUT2D eigenvalue weighted by atomic mass is 32.2. The van der Waals surface area contributed by atoms with Gasteiger partial charge in [0.25, 0.3) is 0 Å². The Labute approximate surface area is 254 Å². The highest BCUT2D eigenvalue weighted by molar-refractivity contribution is 7.89. The Morgan fingerprint density at radius 3 is 2.18 bits per heavy atom. The molecule has 1 fully saturated rings. The van der Waals surface area contributed by atoms with Crippen LogP contribution in [0.15, 0.2) is 96.2 Å². The Kier molecular flexibility index (Phi) is 9.74. The first-order chi connectivity index (χ1) is 21.1. The molecule has 5 rings (SSSR count). The molecular weight excluding hydrogens is 591 g/mol.